The van der Waals surface area contributed by atoms with Crippen molar-refractivity contribution in [3.63, 3.8) is 0 Å². The smallest absolute Gasteiger partial charge is 0.0914 e. The summed E-state index contributed by atoms with van der Waals surface area (Å²) in [6, 6.07) is 8.14. The van der Waals surface area contributed by atoms with Crippen LogP contribution in [0, 0.1) is 0 Å². The van der Waals surface area contributed by atoms with Gasteiger partial charge in [0, 0.05) is 13.1 Å². The predicted octanol–water partition coefficient (Wildman–Crippen LogP) is 2.74. The maximum absolute atomic E-state index is 10.2. The van der Waals surface area contributed by atoms with Crippen molar-refractivity contribution in [1.82, 2.24) is 5.32 Å². The van der Waals surface area contributed by atoms with Gasteiger partial charge in [0.25, 0.3) is 0 Å². The second kappa shape index (κ2) is 6.70. The Labute approximate surface area is 122 Å². The molecule has 112 valence electrons. The summed E-state index contributed by atoms with van der Waals surface area (Å²) in [6.45, 7) is 5.39. The third-order valence-corrected chi connectivity index (χ3v) is 4.31. The number of benzene rings is 1. The normalized spacial score (nSPS) is 19.4. The Kier molecular flexibility index (Phi) is 5.19. The van der Waals surface area contributed by atoms with E-state index in [1.165, 1.54) is 5.56 Å². The minimum absolute atomic E-state index is 0.489. The van der Waals surface area contributed by atoms with E-state index in [4.69, 9.17) is 0 Å². The van der Waals surface area contributed by atoms with E-state index in [1.807, 2.05) is 12.1 Å². The number of hydrogen-bond donors (Lipinski definition) is 3. The summed E-state index contributed by atoms with van der Waals surface area (Å²) in [6.07, 6.45) is 3.45. The summed E-state index contributed by atoms with van der Waals surface area (Å²) in [5, 5.41) is 23.6. The summed E-state index contributed by atoms with van der Waals surface area (Å²) in [5.41, 5.74) is 1.66. The standard InChI is InChI=1S/C17H27NO2/c1-13(2)14-5-7-15(8-6-14)16(19)11-18-12-17(20)9-3-4-10-17/h5-8,13,16,18-20H,3-4,9-12H2,1-2H3. The maximum atomic E-state index is 10.2. The van der Waals surface area contributed by atoms with Crippen LogP contribution in [-0.2, 0) is 0 Å². The lowest BCUT2D eigenvalue weighted by Gasteiger charge is -2.23. The molecule has 0 amide bonds. The second-order valence-corrected chi connectivity index (χ2v) is 6.40. The van der Waals surface area contributed by atoms with Crippen LogP contribution in [0.4, 0.5) is 0 Å². The van der Waals surface area contributed by atoms with Gasteiger partial charge in [0.2, 0.25) is 0 Å². The summed E-state index contributed by atoms with van der Waals surface area (Å²) >= 11 is 0. The highest BCUT2D eigenvalue weighted by molar-refractivity contribution is 5.26. The zero-order chi connectivity index (χ0) is 14.6. The number of rotatable bonds is 6. The fraction of sp³-hybridized carbons (Fsp3) is 0.647. The highest BCUT2D eigenvalue weighted by atomic mass is 16.3. The topological polar surface area (TPSA) is 52.5 Å². The van der Waals surface area contributed by atoms with E-state index < -0.39 is 11.7 Å². The Balaban J connectivity index is 1.80. The highest BCUT2D eigenvalue weighted by Crippen LogP contribution is 2.28. The van der Waals surface area contributed by atoms with Crippen LogP contribution >= 0.6 is 0 Å². The second-order valence-electron chi connectivity index (χ2n) is 6.40. The molecule has 0 heterocycles. The molecule has 1 atom stereocenters. The van der Waals surface area contributed by atoms with E-state index in [0.29, 0.717) is 19.0 Å². The molecule has 1 aliphatic rings. The van der Waals surface area contributed by atoms with Gasteiger partial charge in [-0.25, -0.2) is 0 Å². The van der Waals surface area contributed by atoms with Gasteiger partial charge in [0.15, 0.2) is 0 Å². The fourth-order valence-corrected chi connectivity index (χ4v) is 2.87. The van der Waals surface area contributed by atoms with Crippen molar-refractivity contribution < 1.29 is 10.2 Å². The summed E-state index contributed by atoms with van der Waals surface area (Å²) in [4.78, 5) is 0. The van der Waals surface area contributed by atoms with Crippen molar-refractivity contribution >= 4 is 0 Å². The zero-order valence-electron chi connectivity index (χ0n) is 12.6. The van der Waals surface area contributed by atoms with Gasteiger partial charge in [0.05, 0.1) is 11.7 Å². The van der Waals surface area contributed by atoms with Gasteiger partial charge < -0.3 is 15.5 Å². The van der Waals surface area contributed by atoms with Crippen molar-refractivity contribution in [3.05, 3.63) is 35.4 Å². The molecule has 0 aromatic heterocycles. The number of nitrogens with one attached hydrogen (secondary N) is 1. The molecule has 1 aromatic carbocycles. The molecule has 1 unspecified atom stereocenters. The van der Waals surface area contributed by atoms with Gasteiger partial charge in [-0.15, -0.1) is 0 Å². The molecular weight excluding hydrogens is 250 g/mol. The minimum Gasteiger partial charge on any atom is -0.389 e. The van der Waals surface area contributed by atoms with Crippen molar-refractivity contribution in [2.75, 3.05) is 13.1 Å². The van der Waals surface area contributed by atoms with Crippen LogP contribution in [0.1, 0.15) is 62.7 Å². The van der Waals surface area contributed by atoms with Gasteiger partial charge in [-0.1, -0.05) is 51.0 Å². The molecule has 1 aliphatic carbocycles. The predicted molar refractivity (Wildman–Crippen MR) is 81.8 cm³/mol. The zero-order valence-corrected chi connectivity index (χ0v) is 12.6. The van der Waals surface area contributed by atoms with Crippen LogP contribution in [-0.4, -0.2) is 28.9 Å². The average molecular weight is 277 g/mol. The fourth-order valence-electron chi connectivity index (χ4n) is 2.87. The summed E-state index contributed by atoms with van der Waals surface area (Å²) < 4.78 is 0. The quantitative estimate of drug-likeness (QED) is 0.749. The molecule has 0 radical (unpaired) electrons. The van der Waals surface area contributed by atoms with Gasteiger partial charge in [-0.05, 0) is 29.9 Å². The first kappa shape index (κ1) is 15.5. The number of hydrogen-bond acceptors (Lipinski definition) is 3. The largest absolute Gasteiger partial charge is 0.389 e. The van der Waals surface area contributed by atoms with Gasteiger partial charge in [-0.2, -0.15) is 0 Å². The SMILES string of the molecule is CC(C)c1ccc(C(O)CNCC2(O)CCCC2)cc1. The summed E-state index contributed by atoms with van der Waals surface area (Å²) in [7, 11) is 0. The molecule has 3 N–H and O–H groups in total. The van der Waals surface area contributed by atoms with E-state index >= 15 is 0 Å². The lowest BCUT2D eigenvalue weighted by Crippen LogP contribution is -2.39. The Morgan fingerprint density at radius 2 is 1.65 bits per heavy atom. The van der Waals surface area contributed by atoms with Crippen LogP contribution in [0.5, 0.6) is 0 Å². The maximum Gasteiger partial charge on any atom is 0.0914 e. The van der Waals surface area contributed by atoms with Crippen LogP contribution in [0.3, 0.4) is 0 Å². The molecule has 2 rings (SSSR count). The first-order valence-electron chi connectivity index (χ1n) is 7.71. The minimum atomic E-state index is -0.554. The number of aliphatic hydroxyl groups is 2. The number of aliphatic hydroxyl groups excluding tert-OH is 1. The van der Waals surface area contributed by atoms with Crippen LogP contribution in [0.15, 0.2) is 24.3 Å². The van der Waals surface area contributed by atoms with Crippen LogP contribution in [0.25, 0.3) is 0 Å². The molecule has 20 heavy (non-hydrogen) atoms. The Hall–Kier alpha value is -0.900. The monoisotopic (exact) mass is 277 g/mol. The molecule has 3 nitrogen and oxygen atoms in total. The molecule has 0 aliphatic heterocycles. The van der Waals surface area contributed by atoms with Crippen LogP contribution in [0.2, 0.25) is 0 Å². The summed E-state index contributed by atoms with van der Waals surface area (Å²) in [5.74, 6) is 0.510. The van der Waals surface area contributed by atoms with Crippen LogP contribution < -0.4 is 5.32 Å². The van der Waals surface area contributed by atoms with E-state index in [0.717, 1.165) is 31.2 Å². The molecule has 0 saturated heterocycles. The third-order valence-electron chi connectivity index (χ3n) is 4.31. The van der Waals surface area contributed by atoms with E-state index in [9.17, 15) is 10.2 Å². The molecule has 1 aromatic rings. The lowest BCUT2D eigenvalue weighted by molar-refractivity contribution is 0.0439. The van der Waals surface area contributed by atoms with E-state index in [1.54, 1.807) is 0 Å². The lowest BCUT2D eigenvalue weighted by atomic mass is 9.99. The molecule has 0 bridgehead atoms. The van der Waals surface area contributed by atoms with E-state index in [-0.39, 0.29) is 0 Å². The highest BCUT2D eigenvalue weighted by Gasteiger charge is 2.30. The van der Waals surface area contributed by atoms with Crippen molar-refractivity contribution in [1.29, 1.82) is 0 Å². The Morgan fingerprint density at radius 3 is 2.20 bits per heavy atom. The van der Waals surface area contributed by atoms with Gasteiger partial charge >= 0.3 is 0 Å². The first-order valence-corrected chi connectivity index (χ1v) is 7.71. The molecular formula is C17H27NO2. The Morgan fingerprint density at radius 1 is 1.10 bits per heavy atom. The third kappa shape index (κ3) is 4.05. The molecule has 1 fully saturated rings. The van der Waals surface area contributed by atoms with Gasteiger partial charge in [-0.3, -0.25) is 0 Å². The molecule has 3 heteroatoms. The van der Waals surface area contributed by atoms with Gasteiger partial charge in [0.1, 0.15) is 0 Å². The Bertz CT molecular complexity index is 408. The molecule has 1 saturated carbocycles. The van der Waals surface area contributed by atoms with Crippen molar-refractivity contribution in [2.45, 2.75) is 57.2 Å². The van der Waals surface area contributed by atoms with Crippen molar-refractivity contribution in [2.24, 2.45) is 0 Å². The first-order chi connectivity index (χ1) is 9.50. The van der Waals surface area contributed by atoms with Crippen molar-refractivity contribution in [3.8, 4) is 0 Å². The molecule has 0 spiro atoms. The average Bonchev–Trinajstić information content (AvgIpc) is 2.85. The van der Waals surface area contributed by atoms with E-state index in [2.05, 4.69) is 31.3 Å².